The summed E-state index contributed by atoms with van der Waals surface area (Å²) in [7, 11) is 0. The summed E-state index contributed by atoms with van der Waals surface area (Å²) in [6, 6.07) is 0. The highest BCUT2D eigenvalue weighted by atomic mass is 14.0. The molecular formula is C15H24. The molecule has 0 heteroatoms. The third-order valence-electron chi connectivity index (χ3n) is 2.65. The summed E-state index contributed by atoms with van der Waals surface area (Å²) in [6.45, 7) is 10.7. The van der Waals surface area contributed by atoms with Crippen LogP contribution in [0.2, 0.25) is 0 Å². The van der Waals surface area contributed by atoms with Gasteiger partial charge in [0.25, 0.3) is 0 Å². The highest BCUT2D eigenvalue weighted by Gasteiger charge is 1.98. The van der Waals surface area contributed by atoms with Crippen molar-refractivity contribution >= 4 is 0 Å². The smallest absolute Gasteiger partial charge is 0.0200 e. The molecule has 0 spiro atoms. The maximum atomic E-state index is 2.27. The van der Waals surface area contributed by atoms with E-state index < -0.39 is 0 Å². The maximum Gasteiger partial charge on any atom is -0.0200 e. The number of hydrogen-bond donors (Lipinski definition) is 0. The van der Waals surface area contributed by atoms with E-state index in [0.717, 1.165) is 6.42 Å². The number of hydrogen-bond acceptors (Lipinski definition) is 0. The SMILES string of the molecule is C\C=C/C(C)=C\C=C\CC(C)/C(C)=C/C. The van der Waals surface area contributed by atoms with Crippen molar-refractivity contribution in [2.24, 2.45) is 5.92 Å². The fourth-order valence-electron chi connectivity index (χ4n) is 1.29. The molecule has 0 radical (unpaired) electrons. The second-order valence-electron chi connectivity index (χ2n) is 4.01. The fourth-order valence-corrected chi connectivity index (χ4v) is 1.29. The first kappa shape index (κ1) is 14.0. The summed E-state index contributed by atoms with van der Waals surface area (Å²) in [5.74, 6) is 0.654. The van der Waals surface area contributed by atoms with E-state index in [-0.39, 0.29) is 0 Å². The highest BCUT2D eigenvalue weighted by molar-refractivity contribution is 5.21. The van der Waals surface area contributed by atoms with Gasteiger partial charge in [0, 0.05) is 0 Å². The Labute approximate surface area is 95.1 Å². The van der Waals surface area contributed by atoms with Crippen molar-refractivity contribution < 1.29 is 0 Å². The second kappa shape index (κ2) is 8.28. The standard InChI is InChI=1S/C15H24/c1-6-10-13(3)11-8-9-12-15(5)14(4)7-2/h6-11,15H,12H2,1-5H3/b9-8+,10-6-,13-11-,14-7+. The molecule has 0 aliphatic heterocycles. The molecule has 0 amide bonds. The Bertz CT molecular complexity index is 274. The van der Waals surface area contributed by atoms with Crippen molar-refractivity contribution in [3.8, 4) is 0 Å². The lowest BCUT2D eigenvalue weighted by Gasteiger charge is -2.07. The first-order valence-corrected chi connectivity index (χ1v) is 5.70. The summed E-state index contributed by atoms with van der Waals surface area (Å²) < 4.78 is 0. The van der Waals surface area contributed by atoms with Gasteiger partial charge in [0.15, 0.2) is 0 Å². The number of rotatable bonds is 5. The minimum absolute atomic E-state index is 0.654. The van der Waals surface area contributed by atoms with Crippen molar-refractivity contribution in [3.63, 3.8) is 0 Å². The zero-order valence-corrected chi connectivity index (χ0v) is 10.7. The molecule has 0 aromatic rings. The van der Waals surface area contributed by atoms with E-state index >= 15 is 0 Å². The van der Waals surface area contributed by atoms with Crippen LogP contribution >= 0.6 is 0 Å². The van der Waals surface area contributed by atoms with Crippen LogP contribution in [0.5, 0.6) is 0 Å². The molecule has 0 aliphatic rings. The lowest BCUT2D eigenvalue weighted by atomic mass is 9.99. The van der Waals surface area contributed by atoms with Crippen LogP contribution in [0.3, 0.4) is 0 Å². The molecule has 0 N–H and O–H groups in total. The van der Waals surface area contributed by atoms with E-state index in [1.165, 1.54) is 11.1 Å². The van der Waals surface area contributed by atoms with E-state index in [0.29, 0.717) is 5.92 Å². The molecule has 0 aliphatic carbocycles. The molecule has 15 heavy (non-hydrogen) atoms. The molecule has 0 saturated carbocycles. The Balaban J connectivity index is 4.06. The van der Waals surface area contributed by atoms with Crippen LogP contribution in [0.15, 0.2) is 47.6 Å². The van der Waals surface area contributed by atoms with Crippen LogP contribution in [0.1, 0.15) is 41.0 Å². The third kappa shape index (κ3) is 6.96. The minimum Gasteiger partial charge on any atom is -0.0885 e. The summed E-state index contributed by atoms with van der Waals surface area (Å²) in [6.07, 6.45) is 14.0. The molecule has 1 atom stereocenters. The maximum absolute atomic E-state index is 2.27. The first-order chi connectivity index (χ1) is 7.11. The summed E-state index contributed by atoms with van der Waals surface area (Å²) in [5.41, 5.74) is 2.76. The molecule has 0 nitrogen and oxygen atoms in total. The Morgan fingerprint density at radius 1 is 1.20 bits per heavy atom. The minimum atomic E-state index is 0.654. The van der Waals surface area contributed by atoms with Crippen molar-refractivity contribution in [1.82, 2.24) is 0 Å². The summed E-state index contributed by atoms with van der Waals surface area (Å²) in [5, 5.41) is 0. The topological polar surface area (TPSA) is 0 Å². The van der Waals surface area contributed by atoms with Gasteiger partial charge in [-0.3, -0.25) is 0 Å². The average Bonchev–Trinajstić information content (AvgIpc) is 2.23. The molecule has 0 saturated heterocycles. The van der Waals surface area contributed by atoms with Crippen LogP contribution in [0.25, 0.3) is 0 Å². The molecular weight excluding hydrogens is 180 g/mol. The van der Waals surface area contributed by atoms with Gasteiger partial charge in [-0.05, 0) is 40.0 Å². The van der Waals surface area contributed by atoms with Gasteiger partial charge in [0.2, 0.25) is 0 Å². The predicted octanol–water partition coefficient (Wildman–Crippen LogP) is 5.06. The Morgan fingerprint density at radius 2 is 1.87 bits per heavy atom. The van der Waals surface area contributed by atoms with Gasteiger partial charge >= 0.3 is 0 Å². The van der Waals surface area contributed by atoms with E-state index in [1.807, 2.05) is 6.92 Å². The molecule has 1 unspecified atom stereocenters. The van der Waals surface area contributed by atoms with Gasteiger partial charge in [0.05, 0.1) is 0 Å². The highest BCUT2D eigenvalue weighted by Crippen LogP contribution is 2.14. The largest absolute Gasteiger partial charge is 0.0885 e. The molecule has 0 fully saturated rings. The lowest BCUT2D eigenvalue weighted by molar-refractivity contribution is 0.693. The predicted molar refractivity (Wildman–Crippen MR) is 70.9 cm³/mol. The Kier molecular flexibility index (Phi) is 7.71. The zero-order valence-electron chi connectivity index (χ0n) is 10.7. The third-order valence-corrected chi connectivity index (χ3v) is 2.65. The lowest BCUT2D eigenvalue weighted by Crippen LogP contribution is -1.93. The van der Waals surface area contributed by atoms with Crippen LogP contribution < -0.4 is 0 Å². The second-order valence-corrected chi connectivity index (χ2v) is 4.01. The van der Waals surface area contributed by atoms with E-state index in [4.69, 9.17) is 0 Å². The first-order valence-electron chi connectivity index (χ1n) is 5.70. The van der Waals surface area contributed by atoms with Crippen LogP contribution in [-0.2, 0) is 0 Å². The van der Waals surface area contributed by atoms with Crippen LogP contribution in [-0.4, -0.2) is 0 Å². The number of allylic oxidation sites excluding steroid dienone is 8. The Hall–Kier alpha value is -1.04. The summed E-state index contributed by atoms with van der Waals surface area (Å²) in [4.78, 5) is 0. The van der Waals surface area contributed by atoms with Gasteiger partial charge in [-0.25, -0.2) is 0 Å². The molecule has 0 aromatic carbocycles. The van der Waals surface area contributed by atoms with E-state index in [9.17, 15) is 0 Å². The fraction of sp³-hybridized carbons (Fsp3) is 0.467. The zero-order chi connectivity index (χ0) is 11.7. The average molecular weight is 204 g/mol. The van der Waals surface area contributed by atoms with Gasteiger partial charge in [-0.15, -0.1) is 0 Å². The van der Waals surface area contributed by atoms with Gasteiger partial charge in [0.1, 0.15) is 0 Å². The van der Waals surface area contributed by atoms with Crippen molar-refractivity contribution in [2.45, 2.75) is 41.0 Å². The van der Waals surface area contributed by atoms with Crippen molar-refractivity contribution in [1.29, 1.82) is 0 Å². The molecule has 0 rings (SSSR count). The van der Waals surface area contributed by atoms with Gasteiger partial charge in [-0.2, -0.15) is 0 Å². The molecule has 0 aromatic heterocycles. The van der Waals surface area contributed by atoms with E-state index in [2.05, 4.69) is 64.2 Å². The normalized spacial score (nSPS) is 16.6. The molecule has 84 valence electrons. The Morgan fingerprint density at radius 3 is 2.40 bits per heavy atom. The quantitative estimate of drug-likeness (QED) is 0.434. The summed E-state index contributed by atoms with van der Waals surface area (Å²) >= 11 is 0. The van der Waals surface area contributed by atoms with Crippen LogP contribution in [0, 0.1) is 5.92 Å². The van der Waals surface area contributed by atoms with Gasteiger partial charge in [-0.1, -0.05) is 54.5 Å². The molecule has 0 bridgehead atoms. The van der Waals surface area contributed by atoms with Crippen molar-refractivity contribution in [2.75, 3.05) is 0 Å². The van der Waals surface area contributed by atoms with Crippen LogP contribution in [0.4, 0.5) is 0 Å². The monoisotopic (exact) mass is 204 g/mol. The van der Waals surface area contributed by atoms with Crippen molar-refractivity contribution in [3.05, 3.63) is 47.6 Å². The van der Waals surface area contributed by atoms with E-state index in [1.54, 1.807) is 0 Å². The van der Waals surface area contributed by atoms with Gasteiger partial charge < -0.3 is 0 Å². The molecule has 0 heterocycles.